The summed E-state index contributed by atoms with van der Waals surface area (Å²) in [7, 11) is 0. The summed E-state index contributed by atoms with van der Waals surface area (Å²) in [6.07, 6.45) is 6.55. The Morgan fingerprint density at radius 2 is 1.97 bits per heavy atom. The van der Waals surface area contributed by atoms with Crippen LogP contribution in [-0.4, -0.2) is 24.9 Å². The van der Waals surface area contributed by atoms with Crippen molar-refractivity contribution < 1.29 is 14.3 Å². The van der Waals surface area contributed by atoms with E-state index in [9.17, 15) is 4.79 Å². The molecule has 0 bridgehead atoms. The van der Waals surface area contributed by atoms with Gasteiger partial charge in [-0.1, -0.05) is 18.2 Å². The van der Waals surface area contributed by atoms with Crippen molar-refractivity contribution in [3.63, 3.8) is 0 Å². The molecule has 1 unspecified atom stereocenters. The summed E-state index contributed by atoms with van der Waals surface area (Å²) in [5.41, 5.74) is 3.96. The van der Waals surface area contributed by atoms with Crippen molar-refractivity contribution in [2.75, 3.05) is 11.9 Å². The normalized spacial score (nSPS) is 15.4. The van der Waals surface area contributed by atoms with E-state index in [-0.39, 0.29) is 18.6 Å². The van der Waals surface area contributed by atoms with Crippen molar-refractivity contribution in [2.45, 2.75) is 51.7 Å². The molecular formula is C23H29N3O3. The van der Waals surface area contributed by atoms with Crippen molar-refractivity contribution in [1.29, 1.82) is 0 Å². The number of aryl methyl sites for hydroxylation is 1. The summed E-state index contributed by atoms with van der Waals surface area (Å²) in [6, 6.07) is 13.7. The van der Waals surface area contributed by atoms with Gasteiger partial charge in [-0.3, -0.25) is 4.79 Å². The summed E-state index contributed by atoms with van der Waals surface area (Å²) in [6.45, 7) is 3.70. The monoisotopic (exact) mass is 395 g/mol. The minimum absolute atomic E-state index is 0.196. The maximum absolute atomic E-state index is 11.4. The van der Waals surface area contributed by atoms with E-state index in [0.717, 1.165) is 41.0 Å². The van der Waals surface area contributed by atoms with E-state index in [2.05, 4.69) is 29.5 Å². The maximum Gasteiger partial charge on any atom is 0.302 e. The molecule has 2 aromatic rings. The number of anilines is 1. The largest absolute Gasteiger partial charge is 0.490 e. The van der Waals surface area contributed by atoms with E-state index < -0.39 is 0 Å². The highest BCUT2D eigenvalue weighted by molar-refractivity contribution is 5.80. The molecule has 6 nitrogen and oxygen atoms in total. The first-order valence-electron chi connectivity index (χ1n) is 10.0. The third-order valence-electron chi connectivity index (χ3n) is 5.01. The minimum Gasteiger partial charge on any atom is -0.490 e. The fourth-order valence-electron chi connectivity index (χ4n) is 3.62. The number of nitrogens with two attached hydrogens (primary N) is 1. The molecule has 29 heavy (non-hydrogen) atoms. The van der Waals surface area contributed by atoms with Crippen molar-refractivity contribution in [3.8, 4) is 5.75 Å². The van der Waals surface area contributed by atoms with Crippen molar-refractivity contribution in [2.24, 2.45) is 10.9 Å². The van der Waals surface area contributed by atoms with Crippen LogP contribution in [-0.2, 0) is 9.53 Å². The van der Waals surface area contributed by atoms with Crippen LogP contribution in [0.5, 0.6) is 5.75 Å². The molecule has 1 fully saturated rings. The number of hydrogen-bond acceptors (Lipinski definition) is 6. The van der Waals surface area contributed by atoms with E-state index in [4.69, 9.17) is 15.3 Å². The van der Waals surface area contributed by atoms with Gasteiger partial charge in [-0.2, -0.15) is 5.10 Å². The van der Waals surface area contributed by atoms with E-state index in [1.165, 1.54) is 19.8 Å². The Hall–Kier alpha value is -3.02. The summed E-state index contributed by atoms with van der Waals surface area (Å²) >= 11 is 0. The molecule has 0 spiro atoms. The summed E-state index contributed by atoms with van der Waals surface area (Å²) < 4.78 is 11.5. The number of carbonyl (C=O) groups excluding carboxylic acids is 1. The number of carbonyl (C=O) groups is 1. The van der Waals surface area contributed by atoms with Gasteiger partial charge in [0, 0.05) is 12.6 Å². The molecule has 0 aromatic heterocycles. The van der Waals surface area contributed by atoms with E-state index in [1.54, 1.807) is 6.21 Å². The lowest BCUT2D eigenvalue weighted by atomic mass is 10.0. The molecule has 1 aliphatic rings. The zero-order valence-corrected chi connectivity index (χ0v) is 17.1. The topological polar surface area (TPSA) is 85.9 Å². The van der Waals surface area contributed by atoms with Gasteiger partial charge < -0.3 is 20.6 Å². The molecule has 0 saturated heterocycles. The highest BCUT2D eigenvalue weighted by atomic mass is 16.5. The number of ether oxygens (including phenoxy) is 2. The van der Waals surface area contributed by atoms with Gasteiger partial charge in [0.2, 0.25) is 0 Å². The van der Waals surface area contributed by atoms with E-state index in [0.29, 0.717) is 6.10 Å². The van der Waals surface area contributed by atoms with E-state index in [1.807, 2.05) is 30.3 Å². The van der Waals surface area contributed by atoms with Crippen LogP contribution in [0.15, 0.2) is 47.6 Å². The fraction of sp³-hybridized carbons (Fsp3) is 0.391. The molecule has 154 valence electrons. The SMILES string of the molecule is CC(=O)OCC(Nc1ccc(C=NN)cc1)c1cc(C)cc(OC2CCCC2)c1. The molecule has 0 amide bonds. The van der Waals surface area contributed by atoms with Crippen LogP contribution in [0, 0.1) is 6.92 Å². The molecule has 1 atom stereocenters. The lowest BCUT2D eigenvalue weighted by Gasteiger charge is -2.22. The zero-order valence-electron chi connectivity index (χ0n) is 17.1. The Bertz CT molecular complexity index is 843. The van der Waals surface area contributed by atoms with Crippen LogP contribution in [0.3, 0.4) is 0 Å². The van der Waals surface area contributed by atoms with Crippen molar-refractivity contribution >= 4 is 17.9 Å². The molecule has 1 aliphatic carbocycles. The minimum atomic E-state index is -0.304. The second-order valence-electron chi connectivity index (χ2n) is 7.50. The van der Waals surface area contributed by atoms with Crippen molar-refractivity contribution in [1.82, 2.24) is 0 Å². The smallest absolute Gasteiger partial charge is 0.302 e. The predicted octanol–water partition coefficient (Wildman–Crippen LogP) is 4.33. The first kappa shape index (κ1) is 20.7. The van der Waals surface area contributed by atoms with Gasteiger partial charge >= 0.3 is 5.97 Å². The summed E-state index contributed by atoms with van der Waals surface area (Å²) in [4.78, 5) is 11.4. The Morgan fingerprint density at radius 3 is 2.62 bits per heavy atom. The quantitative estimate of drug-likeness (QED) is 0.301. The molecule has 0 radical (unpaired) electrons. The Morgan fingerprint density at radius 1 is 1.24 bits per heavy atom. The number of rotatable bonds is 8. The first-order valence-corrected chi connectivity index (χ1v) is 10.0. The van der Waals surface area contributed by atoms with Crippen LogP contribution in [0.25, 0.3) is 0 Å². The van der Waals surface area contributed by atoms with Gasteiger partial charge in [0.1, 0.15) is 12.4 Å². The van der Waals surface area contributed by atoms with Gasteiger partial charge in [0.25, 0.3) is 0 Å². The van der Waals surface area contributed by atoms with Crippen LogP contribution in [0.2, 0.25) is 0 Å². The molecule has 3 rings (SSSR count). The fourth-order valence-corrected chi connectivity index (χ4v) is 3.62. The first-order chi connectivity index (χ1) is 14.0. The maximum atomic E-state index is 11.4. The molecule has 0 heterocycles. The number of nitrogens with one attached hydrogen (secondary N) is 1. The highest BCUT2D eigenvalue weighted by Crippen LogP contribution is 2.29. The second kappa shape index (κ2) is 9.96. The Balaban J connectivity index is 1.81. The van der Waals surface area contributed by atoms with Crippen LogP contribution < -0.4 is 15.9 Å². The molecule has 3 N–H and O–H groups in total. The number of benzene rings is 2. The zero-order chi connectivity index (χ0) is 20.6. The average molecular weight is 396 g/mol. The molecular weight excluding hydrogens is 366 g/mol. The third kappa shape index (κ3) is 6.24. The van der Waals surface area contributed by atoms with Gasteiger partial charge in [-0.05, 0) is 73.6 Å². The molecule has 2 aromatic carbocycles. The van der Waals surface area contributed by atoms with Crippen LogP contribution in [0.4, 0.5) is 5.69 Å². The highest BCUT2D eigenvalue weighted by Gasteiger charge is 2.19. The molecule has 6 heteroatoms. The van der Waals surface area contributed by atoms with E-state index >= 15 is 0 Å². The lowest BCUT2D eigenvalue weighted by molar-refractivity contribution is -0.141. The van der Waals surface area contributed by atoms with Crippen molar-refractivity contribution in [3.05, 3.63) is 59.2 Å². The lowest BCUT2D eigenvalue weighted by Crippen LogP contribution is -2.19. The summed E-state index contributed by atoms with van der Waals surface area (Å²) in [5.74, 6) is 5.77. The van der Waals surface area contributed by atoms with Gasteiger partial charge in [0.15, 0.2) is 0 Å². The number of nitrogens with zero attached hydrogens (tertiary/aromatic N) is 1. The Labute approximate surface area is 172 Å². The van der Waals surface area contributed by atoms with Crippen LogP contribution in [0.1, 0.15) is 55.3 Å². The van der Waals surface area contributed by atoms with Gasteiger partial charge in [0.05, 0.1) is 18.4 Å². The second-order valence-corrected chi connectivity index (χ2v) is 7.50. The predicted molar refractivity (Wildman–Crippen MR) is 115 cm³/mol. The van der Waals surface area contributed by atoms with Gasteiger partial charge in [-0.15, -0.1) is 0 Å². The number of hydrogen-bond donors (Lipinski definition) is 2. The summed E-state index contributed by atoms with van der Waals surface area (Å²) in [5, 5.41) is 7.00. The number of hydrazone groups is 1. The van der Waals surface area contributed by atoms with Gasteiger partial charge in [-0.25, -0.2) is 0 Å². The molecule has 1 saturated carbocycles. The average Bonchev–Trinajstić information content (AvgIpc) is 3.19. The van der Waals surface area contributed by atoms with Crippen LogP contribution >= 0.6 is 0 Å². The molecule has 0 aliphatic heterocycles. The third-order valence-corrected chi connectivity index (χ3v) is 5.01. The standard InChI is InChI=1S/C23H29N3O3/c1-16-11-19(13-22(12-16)29-21-5-3-4-6-21)23(15-28-17(2)27)26-20-9-7-18(8-10-20)14-25-24/h7-14,21,23,26H,3-6,15,24H2,1-2H3. The Kier molecular flexibility index (Phi) is 7.11. The number of esters is 1.